The molecular formula is C10H10O4. The maximum absolute atomic E-state index is 10.9. The van der Waals surface area contributed by atoms with Gasteiger partial charge >= 0.3 is 6.16 Å². The maximum Gasteiger partial charge on any atom is 0.506 e. The second kappa shape index (κ2) is 4.41. The van der Waals surface area contributed by atoms with Gasteiger partial charge in [0.25, 0.3) is 0 Å². The van der Waals surface area contributed by atoms with Crippen molar-refractivity contribution in [2.75, 3.05) is 0 Å². The molecule has 0 radical (unpaired) electrons. The highest BCUT2D eigenvalue weighted by molar-refractivity contribution is 5.93. The molecule has 0 atom stereocenters. The molecule has 0 heterocycles. The number of carboxylic acid groups (broad SMARTS) is 1. The third-order valence-electron chi connectivity index (χ3n) is 1.72. The Morgan fingerprint density at radius 3 is 2.29 bits per heavy atom. The van der Waals surface area contributed by atoms with Crippen molar-refractivity contribution in [1.29, 1.82) is 0 Å². The lowest BCUT2D eigenvalue weighted by molar-refractivity contribution is 0.0852. The van der Waals surface area contributed by atoms with E-state index in [0.29, 0.717) is 5.56 Å². The minimum absolute atomic E-state index is 0.00746. The van der Waals surface area contributed by atoms with Crippen LogP contribution in [0.25, 0.3) is 0 Å². The smallest absolute Gasteiger partial charge is 0.450 e. The Balaban J connectivity index is 2.64. The van der Waals surface area contributed by atoms with Gasteiger partial charge in [0.15, 0.2) is 5.78 Å². The van der Waals surface area contributed by atoms with E-state index in [0.717, 1.165) is 5.56 Å². The molecule has 0 fully saturated rings. The lowest BCUT2D eigenvalue weighted by atomic mass is 10.1. The van der Waals surface area contributed by atoms with Crippen molar-refractivity contribution in [1.82, 2.24) is 0 Å². The minimum atomic E-state index is -1.30. The van der Waals surface area contributed by atoms with Crippen molar-refractivity contribution in [2.45, 2.75) is 13.5 Å². The number of hydrogen-bond donors (Lipinski definition) is 1. The zero-order chi connectivity index (χ0) is 10.6. The summed E-state index contributed by atoms with van der Waals surface area (Å²) < 4.78 is 4.36. The van der Waals surface area contributed by atoms with Gasteiger partial charge in [0.2, 0.25) is 0 Å². The fourth-order valence-corrected chi connectivity index (χ4v) is 0.981. The lowest BCUT2D eigenvalue weighted by Crippen LogP contribution is -2.00. The third kappa shape index (κ3) is 2.90. The van der Waals surface area contributed by atoms with Gasteiger partial charge in [0.1, 0.15) is 6.61 Å². The Morgan fingerprint density at radius 2 is 1.86 bits per heavy atom. The highest BCUT2D eigenvalue weighted by atomic mass is 16.7. The number of ether oxygens (including phenoxy) is 1. The Morgan fingerprint density at radius 1 is 1.29 bits per heavy atom. The predicted octanol–water partition coefficient (Wildman–Crippen LogP) is 2.08. The average Bonchev–Trinajstić information content (AvgIpc) is 2.15. The van der Waals surface area contributed by atoms with Crippen molar-refractivity contribution in [3.8, 4) is 0 Å². The summed E-state index contributed by atoms with van der Waals surface area (Å²) >= 11 is 0. The first-order valence-electron chi connectivity index (χ1n) is 4.05. The SMILES string of the molecule is CC(=O)c1ccc(COC(=O)O)cc1. The normalized spacial score (nSPS) is 9.50. The zero-order valence-electron chi connectivity index (χ0n) is 7.69. The molecule has 0 aliphatic heterocycles. The van der Waals surface area contributed by atoms with Crippen LogP contribution in [0.3, 0.4) is 0 Å². The fraction of sp³-hybridized carbons (Fsp3) is 0.200. The summed E-state index contributed by atoms with van der Waals surface area (Å²) in [6.07, 6.45) is -1.30. The molecule has 4 nitrogen and oxygen atoms in total. The van der Waals surface area contributed by atoms with E-state index in [9.17, 15) is 9.59 Å². The standard InChI is InChI=1S/C10H10O4/c1-7(11)9-4-2-8(3-5-9)6-14-10(12)13/h2-5H,6H2,1H3,(H,12,13). The summed E-state index contributed by atoms with van der Waals surface area (Å²) in [4.78, 5) is 21.0. The van der Waals surface area contributed by atoms with Gasteiger partial charge in [0.05, 0.1) is 0 Å². The van der Waals surface area contributed by atoms with Crippen LogP contribution in [0.1, 0.15) is 22.8 Å². The lowest BCUT2D eigenvalue weighted by Gasteiger charge is -2.01. The Labute approximate surface area is 81.1 Å². The summed E-state index contributed by atoms with van der Waals surface area (Å²) in [6, 6.07) is 6.62. The molecule has 0 amide bonds. The van der Waals surface area contributed by atoms with E-state index in [4.69, 9.17) is 5.11 Å². The summed E-state index contributed by atoms with van der Waals surface area (Å²) in [5.41, 5.74) is 1.32. The van der Waals surface area contributed by atoms with Crippen molar-refractivity contribution in [3.05, 3.63) is 35.4 Å². The number of benzene rings is 1. The van der Waals surface area contributed by atoms with Crippen molar-refractivity contribution < 1.29 is 19.4 Å². The Kier molecular flexibility index (Phi) is 3.23. The van der Waals surface area contributed by atoms with Crippen LogP contribution in [0.2, 0.25) is 0 Å². The van der Waals surface area contributed by atoms with E-state index in [-0.39, 0.29) is 12.4 Å². The van der Waals surface area contributed by atoms with Crippen LogP contribution in [0.15, 0.2) is 24.3 Å². The van der Waals surface area contributed by atoms with Gasteiger partial charge in [-0.3, -0.25) is 4.79 Å². The molecule has 0 aromatic heterocycles. The molecular weight excluding hydrogens is 184 g/mol. The van der Waals surface area contributed by atoms with Gasteiger partial charge in [-0.2, -0.15) is 0 Å². The van der Waals surface area contributed by atoms with Crippen LogP contribution in [-0.4, -0.2) is 17.0 Å². The highest BCUT2D eigenvalue weighted by Crippen LogP contribution is 2.06. The van der Waals surface area contributed by atoms with Gasteiger partial charge < -0.3 is 9.84 Å². The molecule has 0 aliphatic rings. The molecule has 1 N–H and O–H groups in total. The van der Waals surface area contributed by atoms with Crippen LogP contribution in [0.5, 0.6) is 0 Å². The fourth-order valence-electron chi connectivity index (χ4n) is 0.981. The van der Waals surface area contributed by atoms with Gasteiger partial charge in [-0.25, -0.2) is 4.79 Å². The van der Waals surface area contributed by atoms with Crippen LogP contribution >= 0.6 is 0 Å². The number of hydrogen-bond acceptors (Lipinski definition) is 3. The average molecular weight is 194 g/mol. The Hall–Kier alpha value is -1.84. The first-order valence-corrected chi connectivity index (χ1v) is 4.05. The van der Waals surface area contributed by atoms with Crippen molar-refractivity contribution in [2.24, 2.45) is 0 Å². The molecule has 14 heavy (non-hydrogen) atoms. The number of carbonyl (C=O) groups excluding carboxylic acids is 1. The van der Waals surface area contributed by atoms with E-state index in [2.05, 4.69) is 4.74 Å². The summed E-state index contributed by atoms with van der Waals surface area (Å²) in [7, 11) is 0. The summed E-state index contributed by atoms with van der Waals surface area (Å²) in [5.74, 6) is -0.0179. The topological polar surface area (TPSA) is 63.6 Å². The molecule has 0 spiro atoms. The van der Waals surface area contributed by atoms with E-state index >= 15 is 0 Å². The third-order valence-corrected chi connectivity index (χ3v) is 1.72. The van der Waals surface area contributed by atoms with E-state index < -0.39 is 6.16 Å². The van der Waals surface area contributed by atoms with Gasteiger partial charge in [-0.05, 0) is 12.5 Å². The van der Waals surface area contributed by atoms with Crippen LogP contribution in [-0.2, 0) is 11.3 Å². The quantitative estimate of drug-likeness (QED) is 0.591. The highest BCUT2D eigenvalue weighted by Gasteiger charge is 2.01. The monoisotopic (exact) mass is 194 g/mol. The largest absolute Gasteiger partial charge is 0.506 e. The number of ketones is 1. The molecule has 0 bridgehead atoms. The molecule has 0 saturated heterocycles. The first kappa shape index (κ1) is 10.2. The molecule has 0 aliphatic carbocycles. The second-order valence-corrected chi connectivity index (χ2v) is 2.81. The van der Waals surface area contributed by atoms with E-state index in [1.54, 1.807) is 24.3 Å². The van der Waals surface area contributed by atoms with Crippen LogP contribution in [0, 0.1) is 0 Å². The molecule has 0 saturated carbocycles. The van der Waals surface area contributed by atoms with Gasteiger partial charge in [0, 0.05) is 5.56 Å². The minimum Gasteiger partial charge on any atom is -0.450 e. The molecule has 1 rings (SSSR count). The van der Waals surface area contributed by atoms with Gasteiger partial charge in [-0.15, -0.1) is 0 Å². The van der Waals surface area contributed by atoms with Crippen molar-refractivity contribution >= 4 is 11.9 Å². The number of carbonyl (C=O) groups is 2. The zero-order valence-corrected chi connectivity index (χ0v) is 7.69. The van der Waals surface area contributed by atoms with E-state index in [1.165, 1.54) is 6.92 Å². The summed E-state index contributed by atoms with van der Waals surface area (Å²) in [6.45, 7) is 1.48. The van der Waals surface area contributed by atoms with Crippen LogP contribution in [0.4, 0.5) is 4.79 Å². The number of rotatable bonds is 3. The van der Waals surface area contributed by atoms with Crippen LogP contribution < -0.4 is 0 Å². The molecule has 1 aromatic carbocycles. The molecule has 74 valence electrons. The maximum atomic E-state index is 10.9. The van der Waals surface area contributed by atoms with Crippen molar-refractivity contribution in [3.63, 3.8) is 0 Å². The molecule has 0 unspecified atom stereocenters. The van der Waals surface area contributed by atoms with Gasteiger partial charge in [-0.1, -0.05) is 24.3 Å². The Bertz CT molecular complexity index is 340. The second-order valence-electron chi connectivity index (χ2n) is 2.81. The van der Waals surface area contributed by atoms with E-state index in [1.807, 2.05) is 0 Å². The summed E-state index contributed by atoms with van der Waals surface area (Å²) in [5, 5.41) is 8.24. The predicted molar refractivity (Wildman–Crippen MR) is 49.3 cm³/mol. The molecule has 4 heteroatoms. The number of Topliss-reactive ketones (excluding diaryl/α,β-unsaturated/α-hetero) is 1. The first-order chi connectivity index (χ1) is 6.59. The molecule has 1 aromatic rings.